The molecule has 0 aliphatic rings. The molecule has 0 amide bonds. The van der Waals surface area contributed by atoms with E-state index in [0.29, 0.717) is 23.8 Å². The van der Waals surface area contributed by atoms with Crippen LogP contribution in [0.3, 0.4) is 0 Å². The van der Waals surface area contributed by atoms with Crippen LogP contribution < -0.4 is 15.6 Å². The molecular formula is C19H21N3O3. The van der Waals surface area contributed by atoms with E-state index in [2.05, 4.69) is 15.3 Å². The fourth-order valence-corrected chi connectivity index (χ4v) is 2.84. The quantitative estimate of drug-likeness (QED) is 0.642. The molecule has 130 valence electrons. The van der Waals surface area contributed by atoms with E-state index in [1.165, 1.54) is 0 Å². The van der Waals surface area contributed by atoms with Crippen LogP contribution in [0.25, 0.3) is 10.9 Å². The monoisotopic (exact) mass is 339 g/mol. The summed E-state index contributed by atoms with van der Waals surface area (Å²) in [6.07, 6.45) is 0.724. The Kier molecular flexibility index (Phi) is 5.00. The van der Waals surface area contributed by atoms with E-state index in [4.69, 9.17) is 4.74 Å². The molecular weight excluding hydrogens is 318 g/mol. The van der Waals surface area contributed by atoms with E-state index < -0.39 is 0 Å². The van der Waals surface area contributed by atoms with Gasteiger partial charge in [0.2, 0.25) is 5.88 Å². The van der Waals surface area contributed by atoms with Gasteiger partial charge in [0.05, 0.1) is 19.2 Å². The maximum Gasteiger partial charge on any atom is 0.271 e. The van der Waals surface area contributed by atoms with Crippen LogP contribution in [0.1, 0.15) is 23.7 Å². The standard InChI is InChI=1S/C19H21N3O3/c1-3-12-9-16(18(24)21-17(12)11-23)20-10-14-8-13-6-4-5-7-15(13)22-19(14)25-2/h4-9,20,23H,3,10-11H2,1-2H3,(H,21,24). The summed E-state index contributed by atoms with van der Waals surface area (Å²) in [4.78, 5) is 19.4. The minimum atomic E-state index is -0.256. The number of para-hydroxylation sites is 1. The summed E-state index contributed by atoms with van der Waals surface area (Å²) in [6.45, 7) is 2.21. The average Bonchev–Trinajstić information content (AvgIpc) is 2.65. The van der Waals surface area contributed by atoms with Gasteiger partial charge >= 0.3 is 0 Å². The predicted octanol–water partition coefficient (Wildman–Crippen LogP) is 2.60. The Hall–Kier alpha value is -2.86. The van der Waals surface area contributed by atoms with Gasteiger partial charge in [-0.05, 0) is 30.2 Å². The number of nitrogens with one attached hydrogen (secondary N) is 2. The molecule has 6 nitrogen and oxygen atoms in total. The predicted molar refractivity (Wildman–Crippen MR) is 98.0 cm³/mol. The Bertz CT molecular complexity index is 950. The van der Waals surface area contributed by atoms with Crippen LogP contribution in [0.5, 0.6) is 5.88 Å². The molecule has 0 saturated heterocycles. The molecule has 0 atom stereocenters. The number of hydrogen-bond acceptors (Lipinski definition) is 5. The Labute approximate surface area is 145 Å². The number of aliphatic hydroxyl groups excluding tert-OH is 1. The Morgan fingerprint density at radius 1 is 1.24 bits per heavy atom. The normalized spacial score (nSPS) is 10.8. The summed E-state index contributed by atoms with van der Waals surface area (Å²) in [6, 6.07) is 11.6. The van der Waals surface area contributed by atoms with Gasteiger partial charge in [0, 0.05) is 23.2 Å². The summed E-state index contributed by atoms with van der Waals surface area (Å²) < 4.78 is 5.38. The van der Waals surface area contributed by atoms with Gasteiger partial charge in [-0.25, -0.2) is 4.98 Å². The molecule has 2 heterocycles. The number of benzene rings is 1. The van der Waals surface area contributed by atoms with E-state index in [1.807, 2.05) is 37.3 Å². The number of ether oxygens (including phenoxy) is 1. The van der Waals surface area contributed by atoms with E-state index >= 15 is 0 Å². The summed E-state index contributed by atoms with van der Waals surface area (Å²) >= 11 is 0. The molecule has 0 radical (unpaired) electrons. The number of aromatic nitrogens is 2. The molecule has 2 aromatic heterocycles. The number of rotatable bonds is 6. The lowest BCUT2D eigenvalue weighted by Gasteiger charge is -2.12. The highest BCUT2D eigenvalue weighted by Crippen LogP contribution is 2.23. The maximum atomic E-state index is 12.2. The van der Waals surface area contributed by atoms with Crippen molar-refractivity contribution in [2.45, 2.75) is 26.5 Å². The summed E-state index contributed by atoms with van der Waals surface area (Å²) in [5.41, 5.74) is 3.40. The molecule has 0 fully saturated rings. The van der Waals surface area contributed by atoms with E-state index in [0.717, 1.165) is 28.5 Å². The molecule has 0 unspecified atom stereocenters. The van der Waals surface area contributed by atoms with Crippen molar-refractivity contribution in [3.05, 3.63) is 63.6 Å². The van der Waals surface area contributed by atoms with E-state index in [1.54, 1.807) is 13.2 Å². The van der Waals surface area contributed by atoms with Crippen molar-refractivity contribution in [3.8, 4) is 5.88 Å². The number of anilines is 1. The molecule has 3 N–H and O–H groups in total. The van der Waals surface area contributed by atoms with Gasteiger partial charge in [-0.2, -0.15) is 0 Å². The topological polar surface area (TPSA) is 87.2 Å². The average molecular weight is 339 g/mol. The number of nitrogens with zero attached hydrogens (tertiary/aromatic N) is 1. The molecule has 3 rings (SSSR count). The highest BCUT2D eigenvalue weighted by Gasteiger charge is 2.10. The third-order valence-corrected chi connectivity index (χ3v) is 4.18. The summed E-state index contributed by atoms with van der Waals surface area (Å²) in [7, 11) is 1.58. The van der Waals surface area contributed by atoms with Gasteiger partial charge in [0.1, 0.15) is 5.69 Å². The van der Waals surface area contributed by atoms with Crippen molar-refractivity contribution < 1.29 is 9.84 Å². The molecule has 0 bridgehead atoms. The van der Waals surface area contributed by atoms with Crippen LogP contribution in [-0.4, -0.2) is 22.2 Å². The van der Waals surface area contributed by atoms with Crippen LogP contribution in [0.15, 0.2) is 41.2 Å². The minimum absolute atomic E-state index is 0.179. The first-order valence-corrected chi connectivity index (χ1v) is 8.18. The van der Waals surface area contributed by atoms with Crippen LogP contribution in [0.2, 0.25) is 0 Å². The number of fused-ring (bicyclic) bond motifs is 1. The fourth-order valence-electron chi connectivity index (χ4n) is 2.84. The Morgan fingerprint density at radius 3 is 2.76 bits per heavy atom. The molecule has 0 spiro atoms. The van der Waals surface area contributed by atoms with Crippen LogP contribution in [0.4, 0.5) is 5.69 Å². The first-order chi connectivity index (χ1) is 12.2. The van der Waals surface area contributed by atoms with Crippen LogP contribution >= 0.6 is 0 Å². The zero-order valence-corrected chi connectivity index (χ0v) is 14.3. The first-order valence-electron chi connectivity index (χ1n) is 8.18. The van der Waals surface area contributed by atoms with E-state index in [-0.39, 0.29) is 12.2 Å². The van der Waals surface area contributed by atoms with Gasteiger partial charge in [-0.1, -0.05) is 25.1 Å². The number of aryl methyl sites for hydroxylation is 1. The first kappa shape index (κ1) is 17.0. The third-order valence-electron chi connectivity index (χ3n) is 4.18. The van der Waals surface area contributed by atoms with Gasteiger partial charge in [-0.3, -0.25) is 4.79 Å². The van der Waals surface area contributed by atoms with E-state index in [9.17, 15) is 9.90 Å². The summed E-state index contributed by atoms with van der Waals surface area (Å²) in [5.74, 6) is 0.533. The second-order valence-corrected chi connectivity index (χ2v) is 5.73. The number of aliphatic hydroxyl groups is 1. The largest absolute Gasteiger partial charge is 0.481 e. The lowest BCUT2D eigenvalue weighted by atomic mass is 10.1. The van der Waals surface area contributed by atoms with Crippen molar-refractivity contribution in [1.29, 1.82) is 0 Å². The van der Waals surface area contributed by atoms with Gasteiger partial charge < -0.3 is 20.1 Å². The SMILES string of the molecule is CCc1cc(NCc2cc3ccccc3nc2OC)c(=O)[nH]c1CO. The van der Waals surface area contributed by atoms with Crippen molar-refractivity contribution in [2.75, 3.05) is 12.4 Å². The molecule has 3 aromatic rings. The van der Waals surface area contributed by atoms with Crippen LogP contribution in [0, 0.1) is 0 Å². The number of H-pyrrole nitrogens is 1. The lowest BCUT2D eigenvalue weighted by molar-refractivity contribution is 0.275. The minimum Gasteiger partial charge on any atom is -0.481 e. The van der Waals surface area contributed by atoms with Crippen molar-refractivity contribution >= 4 is 16.6 Å². The zero-order chi connectivity index (χ0) is 17.8. The van der Waals surface area contributed by atoms with Gasteiger partial charge in [-0.15, -0.1) is 0 Å². The molecule has 1 aromatic carbocycles. The van der Waals surface area contributed by atoms with Crippen molar-refractivity contribution in [1.82, 2.24) is 9.97 Å². The number of methoxy groups -OCH3 is 1. The summed E-state index contributed by atoms with van der Waals surface area (Å²) in [5, 5.41) is 13.5. The highest BCUT2D eigenvalue weighted by molar-refractivity contribution is 5.80. The second kappa shape index (κ2) is 7.36. The van der Waals surface area contributed by atoms with Gasteiger partial charge in [0.15, 0.2) is 0 Å². The lowest BCUT2D eigenvalue weighted by Crippen LogP contribution is -2.18. The molecule has 0 aliphatic carbocycles. The molecule has 0 aliphatic heterocycles. The molecule has 0 saturated carbocycles. The third kappa shape index (κ3) is 3.49. The zero-order valence-electron chi connectivity index (χ0n) is 14.3. The fraction of sp³-hybridized carbons (Fsp3) is 0.263. The number of aromatic amines is 1. The Balaban J connectivity index is 1.91. The molecule has 6 heteroatoms. The highest BCUT2D eigenvalue weighted by atomic mass is 16.5. The second-order valence-electron chi connectivity index (χ2n) is 5.73. The van der Waals surface area contributed by atoms with Crippen LogP contribution in [-0.2, 0) is 19.6 Å². The smallest absolute Gasteiger partial charge is 0.271 e. The number of pyridine rings is 2. The van der Waals surface area contributed by atoms with Gasteiger partial charge in [0.25, 0.3) is 5.56 Å². The number of hydrogen-bond donors (Lipinski definition) is 3. The maximum absolute atomic E-state index is 12.2. The van der Waals surface area contributed by atoms with Crippen molar-refractivity contribution in [2.24, 2.45) is 0 Å². The Morgan fingerprint density at radius 2 is 2.04 bits per heavy atom. The van der Waals surface area contributed by atoms with Crippen molar-refractivity contribution in [3.63, 3.8) is 0 Å². The molecule has 25 heavy (non-hydrogen) atoms.